The van der Waals surface area contributed by atoms with Crippen LogP contribution in [0.4, 0.5) is 5.69 Å². The molecule has 2 N–H and O–H groups in total. The van der Waals surface area contributed by atoms with Crippen molar-refractivity contribution < 1.29 is 9.53 Å². The third-order valence-corrected chi connectivity index (χ3v) is 2.34. The highest BCUT2D eigenvalue weighted by molar-refractivity contribution is 6.28. The summed E-state index contributed by atoms with van der Waals surface area (Å²) in [6.45, 7) is 3.88. The molecule has 92 valence electrons. The van der Waals surface area contributed by atoms with Gasteiger partial charge in [0, 0.05) is 5.56 Å². The smallest absolute Gasteiger partial charge is 0.159 e. The number of aliphatic imine (C=N–C) groups is 1. The molecule has 0 heterocycles. The first-order valence-electron chi connectivity index (χ1n) is 5.25. The molecule has 0 spiro atoms. The van der Waals surface area contributed by atoms with Gasteiger partial charge in [-0.15, -0.1) is 11.6 Å². The summed E-state index contributed by atoms with van der Waals surface area (Å²) in [6.07, 6.45) is 0. The molecule has 0 saturated heterocycles. The molecule has 0 fully saturated rings. The van der Waals surface area contributed by atoms with E-state index in [4.69, 9.17) is 22.1 Å². The SMILES string of the molecule is CCOc1ccc(C(C)=O)cc1N=C(N)CCl. The number of benzene rings is 1. The number of rotatable bonds is 5. The van der Waals surface area contributed by atoms with Crippen molar-refractivity contribution >= 4 is 28.9 Å². The highest BCUT2D eigenvalue weighted by Crippen LogP contribution is 2.29. The van der Waals surface area contributed by atoms with Crippen molar-refractivity contribution in [2.75, 3.05) is 12.5 Å². The van der Waals surface area contributed by atoms with E-state index in [1.54, 1.807) is 18.2 Å². The predicted octanol–water partition coefficient (Wildman–Crippen LogP) is 2.52. The van der Waals surface area contributed by atoms with E-state index in [9.17, 15) is 4.79 Å². The van der Waals surface area contributed by atoms with E-state index in [1.165, 1.54) is 6.92 Å². The molecule has 0 bridgehead atoms. The minimum Gasteiger partial charge on any atom is -0.492 e. The lowest BCUT2D eigenvalue weighted by Gasteiger charge is -2.08. The number of Topliss-reactive ketones (excluding diaryl/α,β-unsaturated/α-hetero) is 1. The van der Waals surface area contributed by atoms with Gasteiger partial charge in [-0.25, -0.2) is 4.99 Å². The van der Waals surface area contributed by atoms with Crippen LogP contribution < -0.4 is 10.5 Å². The van der Waals surface area contributed by atoms with E-state index in [0.29, 0.717) is 23.6 Å². The summed E-state index contributed by atoms with van der Waals surface area (Å²) in [5, 5.41) is 0. The number of halogens is 1. The van der Waals surface area contributed by atoms with Gasteiger partial charge >= 0.3 is 0 Å². The van der Waals surface area contributed by atoms with Gasteiger partial charge in [0.15, 0.2) is 5.78 Å². The maximum absolute atomic E-state index is 11.3. The molecular formula is C12H15ClN2O2. The van der Waals surface area contributed by atoms with Crippen LogP contribution in [0.3, 0.4) is 0 Å². The monoisotopic (exact) mass is 254 g/mol. The second kappa shape index (κ2) is 6.25. The number of carbonyl (C=O) groups is 1. The predicted molar refractivity (Wildman–Crippen MR) is 69.6 cm³/mol. The Labute approximate surface area is 105 Å². The van der Waals surface area contributed by atoms with Crippen LogP contribution in [0.15, 0.2) is 23.2 Å². The molecule has 17 heavy (non-hydrogen) atoms. The van der Waals surface area contributed by atoms with E-state index in [0.717, 1.165) is 0 Å². The fourth-order valence-electron chi connectivity index (χ4n) is 1.29. The van der Waals surface area contributed by atoms with E-state index < -0.39 is 0 Å². The minimum absolute atomic E-state index is 0.0334. The molecule has 0 amide bonds. The Hall–Kier alpha value is -1.55. The number of nitrogens with two attached hydrogens (primary N) is 1. The number of nitrogens with zero attached hydrogens (tertiary/aromatic N) is 1. The first-order valence-corrected chi connectivity index (χ1v) is 5.78. The average molecular weight is 255 g/mol. The van der Waals surface area contributed by atoms with Crippen LogP contribution in [0.1, 0.15) is 24.2 Å². The molecule has 0 aromatic heterocycles. The van der Waals surface area contributed by atoms with Crippen LogP contribution in [0.25, 0.3) is 0 Å². The molecule has 4 nitrogen and oxygen atoms in total. The Kier molecular flexibility index (Phi) is 4.97. The molecule has 1 rings (SSSR count). The zero-order chi connectivity index (χ0) is 12.8. The van der Waals surface area contributed by atoms with Gasteiger partial charge in [0.2, 0.25) is 0 Å². The maximum atomic E-state index is 11.3. The number of alkyl halides is 1. The Bertz CT molecular complexity index is 444. The third kappa shape index (κ3) is 3.75. The fraction of sp³-hybridized carbons (Fsp3) is 0.333. The van der Waals surface area contributed by atoms with E-state index in [1.807, 2.05) is 6.92 Å². The van der Waals surface area contributed by atoms with E-state index in [2.05, 4.69) is 4.99 Å². The summed E-state index contributed by atoms with van der Waals surface area (Å²) >= 11 is 5.57. The molecule has 5 heteroatoms. The lowest BCUT2D eigenvalue weighted by Crippen LogP contribution is -2.12. The average Bonchev–Trinajstić information content (AvgIpc) is 2.31. The summed E-state index contributed by atoms with van der Waals surface area (Å²) in [7, 11) is 0. The van der Waals surface area contributed by atoms with E-state index in [-0.39, 0.29) is 17.5 Å². The number of hydrogen-bond donors (Lipinski definition) is 1. The number of amidine groups is 1. The third-order valence-electron chi connectivity index (χ3n) is 2.07. The van der Waals surface area contributed by atoms with E-state index >= 15 is 0 Å². The molecule has 1 aromatic rings. The topological polar surface area (TPSA) is 64.7 Å². The van der Waals surface area contributed by atoms with Gasteiger partial charge in [-0.05, 0) is 32.0 Å². The Morgan fingerprint density at radius 3 is 2.76 bits per heavy atom. The number of ether oxygens (including phenoxy) is 1. The van der Waals surface area contributed by atoms with Gasteiger partial charge in [-0.2, -0.15) is 0 Å². The first kappa shape index (κ1) is 13.5. The maximum Gasteiger partial charge on any atom is 0.159 e. The summed E-state index contributed by atoms with van der Waals surface area (Å²) in [5.41, 5.74) is 6.66. The van der Waals surface area contributed by atoms with Crippen LogP contribution in [0.2, 0.25) is 0 Å². The standard InChI is InChI=1S/C12H15ClN2O2/c1-3-17-11-5-4-9(8(2)16)6-10(11)15-12(14)7-13/h4-6H,3,7H2,1-2H3,(H2,14,15). The van der Waals surface area contributed by atoms with Crippen molar-refractivity contribution in [1.82, 2.24) is 0 Å². The highest BCUT2D eigenvalue weighted by Gasteiger charge is 2.07. The molecule has 0 radical (unpaired) electrons. The lowest BCUT2D eigenvalue weighted by molar-refractivity contribution is 0.101. The molecule has 0 aliphatic heterocycles. The molecule has 0 atom stereocenters. The van der Waals surface area contributed by atoms with Crippen LogP contribution >= 0.6 is 11.6 Å². The van der Waals surface area contributed by atoms with Crippen LogP contribution in [-0.4, -0.2) is 24.1 Å². The fourth-order valence-corrected chi connectivity index (χ4v) is 1.35. The Morgan fingerprint density at radius 1 is 1.53 bits per heavy atom. The van der Waals surface area contributed by atoms with Crippen molar-refractivity contribution in [3.63, 3.8) is 0 Å². The van der Waals surface area contributed by atoms with Gasteiger partial charge in [0.1, 0.15) is 17.3 Å². The highest BCUT2D eigenvalue weighted by atomic mass is 35.5. The summed E-state index contributed by atoms with van der Waals surface area (Å²) in [5.74, 6) is 0.975. The summed E-state index contributed by atoms with van der Waals surface area (Å²) in [6, 6.07) is 5.05. The zero-order valence-corrected chi connectivity index (χ0v) is 10.6. The molecule has 0 saturated carbocycles. The van der Waals surface area contributed by atoms with Crippen LogP contribution in [0, 0.1) is 0 Å². The van der Waals surface area contributed by atoms with Crippen LogP contribution in [0.5, 0.6) is 5.75 Å². The Balaban J connectivity index is 3.20. The largest absolute Gasteiger partial charge is 0.492 e. The van der Waals surface area contributed by atoms with Crippen molar-refractivity contribution in [3.8, 4) is 5.75 Å². The van der Waals surface area contributed by atoms with Crippen molar-refractivity contribution in [1.29, 1.82) is 0 Å². The molecular weight excluding hydrogens is 240 g/mol. The zero-order valence-electron chi connectivity index (χ0n) is 9.87. The van der Waals surface area contributed by atoms with Crippen LogP contribution in [-0.2, 0) is 0 Å². The Morgan fingerprint density at radius 2 is 2.24 bits per heavy atom. The quantitative estimate of drug-likeness (QED) is 0.380. The van der Waals surface area contributed by atoms with Gasteiger partial charge in [0.05, 0.1) is 12.5 Å². The van der Waals surface area contributed by atoms with Gasteiger partial charge in [-0.3, -0.25) is 4.79 Å². The second-order valence-corrected chi connectivity index (χ2v) is 3.68. The summed E-state index contributed by atoms with van der Waals surface area (Å²) in [4.78, 5) is 15.4. The van der Waals surface area contributed by atoms with Crippen molar-refractivity contribution in [2.24, 2.45) is 10.7 Å². The second-order valence-electron chi connectivity index (χ2n) is 3.41. The van der Waals surface area contributed by atoms with Gasteiger partial charge in [0.25, 0.3) is 0 Å². The first-order chi connectivity index (χ1) is 8.08. The van der Waals surface area contributed by atoms with Gasteiger partial charge < -0.3 is 10.5 Å². The number of ketones is 1. The minimum atomic E-state index is -0.0334. The molecule has 0 aliphatic carbocycles. The summed E-state index contributed by atoms with van der Waals surface area (Å²) < 4.78 is 5.40. The van der Waals surface area contributed by atoms with Crippen molar-refractivity contribution in [3.05, 3.63) is 23.8 Å². The lowest BCUT2D eigenvalue weighted by atomic mass is 10.1. The van der Waals surface area contributed by atoms with Gasteiger partial charge in [-0.1, -0.05) is 0 Å². The molecule has 0 unspecified atom stereocenters. The normalized spacial score (nSPS) is 11.4. The number of carbonyl (C=O) groups excluding carboxylic acids is 1. The van der Waals surface area contributed by atoms with Crippen molar-refractivity contribution in [2.45, 2.75) is 13.8 Å². The molecule has 0 aliphatic rings. The number of hydrogen-bond acceptors (Lipinski definition) is 3. The molecule has 1 aromatic carbocycles.